The van der Waals surface area contributed by atoms with E-state index in [4.69, 9.17) is 0 Å². The van der Waals surface area contributed by atoms with Crippen LogP contribution >= 0.6 is 11.3 Å². The molecular formula is C9H11F3N2S. The lowest BCUT2D eigenvalue weighted by atomic mass is 10.0. The van der Waals surface area contributed by atoms with Crippen molar-refractivity contribution in [2.45, 2.75) is 24.9 Å². The van der Waals surface area contributed by atoms with Crippen LogP contribution in [0.1, 0.15) is 29.5 Å². The molecule has 1 N–H and O–H groups in total. The maximum Gasteiger partial charge on any atom is 0.434 e. The van der Waals surface area contributed by atoms with Crippen molar-refractivity contribution in [3.05, 3.63) is 16.1 Å². The van der Waals surface area contributed by atoms with E-state index in [2.05, 4.69) is 10.3 Å². The zero-order valence-electron chi connectivity index (χ0n) is 7.97. The number of nitrogens with zero attached hydrogens (tertiary/aromatic N) is 1. The highest BCUT2D eigenvalue weighted by molar-refractivity contribution is 7.09. The molecule has 2 rings (SSSR count). The number of halogens is 3. The Labute approximate surface area is 89.5 Å². The van der Waals surface area contributed by atoms with Gasteiger partial charge >= 0.3 is 6.18 Å². The standard InChI is InChI=1S/C9H11F3N2S/c10-9(11,12)7-5-15-8(14-7)6-2-1-3-13-4-6/h5-6,13H,1-4H2/t6-/m1/s1. The molecule has 0 radical (unpaired) electrons. The number of thiazole rings is 1. The zero-order valence-corrected chi connectivity index (χ0v) is 8.79. The van der Waals surface area contributed by atoms with Gasteiger partial charge < -0.3 is 5.32 Å². The second-order valence-corrected chi connectivity index (χ2v) is 4.50. The Morgan fingerprint density at radius 2 is 2.27 bits per heavy atom. The molecule has 1 aromatic heterocycles. The average molecular weight is 236 g/mol. The molecule has 6 heteroatoms. The SMILES string of the molecule is FC(F)(F)c1csc([C@@H]2CCCNC2)n1. The van der Waals surface area contributed by atoms with Crippen LogP contribution < -0.4 is 5.32 Å². The first-order chi connectivity index (χ1) is 7.07. The fourth-order valence-electron chi connectivity index (χ4n) is 1.67. The topological polar surface area (TPSA) is 24.9 Å². The van der Waals surface area contributed by atoms with Gasteiger partial charge in [-0.15, -0.1) is 11.3 Å². The second-order valence-electron chi connectivity index (χ2n) is 3.61. The van der Waals surface area contributed by atoms with Gasteiger partial charge in [0.15, 0.2) is 5.69 Å². The highest BCUT2D eigenvalue weighted by Gasteiger charge is 2.34. The molecule has 1 aliphatic rings. The maximum atomic E-state index is 12.3. The second kappa shape index (κ2) is 4.09. The maximum absolute atomic E-state index is 12.3. The van der Waals surface area contributed by atoms with Gasteiger partial charge in [0, 0.05) is 17.8 Å². The first-order valence-electron chi connectivity index (χ1n) is 4.80. The van der Waals surface area contributed by atoms with Crippen LogP contribution in [0.3, 0.4) is 0 Å². The van der Waals surface area contributed by atoms with Gasteiger partial charge in [-0.3, -0.25) is 0 Å². The predicted molar refractivity (Wildman–Crippen MR) is 52.0 cm³/mol. The van der Waals surface area contributed by atoms with Crippen molar-refractivity contribution in [3.63, 3.8) is 0 Å². The van der Waals surface area contributed by atoms with Gasteiger partial charge in [0.1, 0.15) is 0 Å². The van der Waals surface area contributed by atoms with Crippen LogP contribution in [-0.2, 0) is 6.18 Å². The molecule has 1 fully saturated rings. The molecule has 2 nitrogen and oxygen atoms in total. The van der Waals surface area contributed by atoms with E-state index in [0.717, 1.165) is 42.6 Å². The summed E-state index contributed by atoms with van der Waals surface area (Å²) in [5.74, 6) is 0.153. The van der Waals surface area contributed by atoms with Crippen LogP contribution in [0.4, 0.5) is 13.2 Å². The molecular weight excluding hydrogens is 225 g/mol. The van der Waals surface area contributed by atoms with Crippen LogP contribution in [0.25, 0.3) is 0 Å². The summed E-state index contributed by atoms with van der Waals surface area (Å²) >= 11 is 1.11. The minimum Gasteiger partial charge on any atom is -0.316 e. The molecule has 0 saturated carbocycles. The van der Waals surface area contributed by atoms with Gasteiger partial charge in [0.25, 0.3) is 0 Å². The summed E-state index contributed by atoms with van der Waals surface area (Å²) in [6, 6.07) is 0. The van der Waals surface area contributed by atoms with Crippen molar-refractivity contribution in [2.24, 2.45) is 0 Å². The number of hydrogen-bond acceptors (Lipinski definition) is 3. The van der Waals surface area contributed by atoms with Crippen LogP contribution in [0.5, 0.6) is 0 Å². The van der Waals surface area contributed by atoms with Gasteiger partial charge in [-0.25, -0.2) is 4.98 Å². The minimum atomic E-state index is -4.31. The van der Waals surface area contributed by atoms with Gasteiger partial charge in [0.2, 0.25) is 0 Å². The molecule has 1 saturated heterocycles. The van der Waals surface area contributed by atoms with Gasteiger partial charge in [-0.05, 0) is 19.4 Å². The Balaban J connectivity index is 2.12. The van der Waals surface area contributed by atoms with Crippen LogP contribution in [-0.4, -0.2) is 18.1 Å². The van der Waals surface area contributed by atoms with E-state index in [1.807, 2.05) is 0 Å². The molecule has 0 aliphatic carbocycles. The molecule has 2 heterocycles. The third-order valence-corrected chi connectivity index (χ3v) is 3.47. The summed E-state index contributed by atoms with van der Waals surface area (Å²) in [4.78, 5) is 3.66. The zero-order chi connectivity index (χ0) is 10.9. The molecule has 0 aromatic carbocycles. The Hall–Kier alpha value is -0.620. The molecule has 1 atom stereocenters. The van der Waals surface area contributed by atoms with E-state index < -0.39 is 11.9 Å². The largest absolute Gasteiger partial charge is 0.434 e. The number of rotatable bonds is 1. The Bertz CT molecular complexity index is 328. The number of piperidine rings is 1. The summed E-state index contributed by atoms with van der Waals surface area (Å²) in [5, 5.41) is 4.87. The first kappa shape index (κ1) is 10.9. The normalized spacial score (nSPS) is 23.0. The van der Waals surface area contributed by atoms with Crippen LogP contribution in [0.15, 0.2) is 5.38 Å². The van der Waals surface area contributed by atoms with Gasteiger partial charge in [0.05, 0.1) is 5.01 Å². The smallest absolute Gasteiger partial charge is 0.316 e. The van der Waals surface area contributed by atoms with Crippen molar-refractivity contribution in [1.82, 2.24) is 10.3 Å². The monoisotopic (exact) mass is 236 g/mol. The van der Waals surface area contributed by atoms with Gasteiger partial charge in [-0.1, -0.05) is 0 Å². The third-order valence-electron chi connectivity index (χ3n) is 2.46. The van der Waals surface area contributed by atoms with E-state index in [1.54, 1.807) is 0 Å². The molecule has 0 bridgehead atoms. The summed E-state index contributed by atoms with van der Waals surface area (Å²) in [6.45, 7) is 1.69. The molecule has 0 unspecified atom stereocenters. The highest BCUT2D eigenvalue weighted by Crippen LogP contribution is 2.33. The molecule has 1 aliphatic heterocycles. The summed E-state index contributed by atoms with van der Waals surface area (Å²) in [5.41, 5.74) is -0.756. The Morgan fingerprint density at radius 1 is 1.47 bits per heavy atom. The van der Waals surface area contributed by atoms with Crippen LogP contribution in [0, 0.1) is 0 Å². The van der Waals surface area contributed by atoms with E-state index >= 15 is 0 Å². The van der Waals surface area contributed by atoms with Crippen molar-refractivity contribution < 1.29 is 13.2 Å². The quantitative estimate of drug-likeness (QED) is 0.810. The average Bonchev–Trinajstić information content (AvgIpc) is 2.67. The van der Waals surface area contributed by atoms with E-state index in [1.165, 1.54) is 0 Å². The molecule has 15 heavy (non-hydrogen) atoms. The van der Waals surface area contributed by atoms with Crippen LogP contribution in [0.2, 0.25) is 0 Å². The summed E-state index contributed by atoms with van der Waals surface area (Å²) < 4.78 is 36.9. The molecule has 1 aromatic rings. The van der Waals surface area contributed by atoms with Gasteiger partial charge in [-0.2, -0.15) is 13.2 Å². The van der Waals surface area contributed by atoms with Crippen molar-refractivity contribution in [2.75, 3.05) is 13.1 Å². The van der Waals surface area contributed by atoms with E-state index in [-0.39, 0.29) is 5.92 Å². The highest BCUT2D eigenvalue weighted by atomic mass is 32.1. The molecule has 0 amide bonds. The summed E-state index contributed by atoms with van der Waals surface area (Å²) in [7, 11) is 0. The lowest BCUT2D eigenvalue weighted by Gasteiger charge is -2.20. The first-order valence-corrected chi connectivity index (χ1v) is 5.68. The lowest BCUT2D eigenvalue weighted by Crippen LogP contribution is -2.28. The Kier molecular flexibility index (Phi) is 2.97. The van der Waals surface area contributed by atoms with Crippen molar-refractivity contribution in [3.8, 4) is 0 Å². The predicted octanol–water partition coefficient (Wildman–Crippen LogP) is 2.63. The van der Waals surface area contributed by atoms with Crippen molar-refractivity contribution in [1.29, 1.82) is 0 Å². The lowest BCUT2D eigenvalue weighted by molar-refractivity contribution is -0.140. The van der Waals surface area contributed by atoms with E-state index in [0.29, 0.717) is 5.01 Å². The fraction of sp³-hybridized carbons (Fsp3) is 0.667. The fourth-order valence-corrected chi connectivity index (χ4v) is 2.63. The Morgan fingerprint density at radius 3 is 2.80 bits per heavy atom. The van der Waals surface area contributed by atoms with E-state index in [9.17, 15) is 13.2 Å². The minimum absolute atomic E-state index is 0.153. The number of alkyl halides is 3. The number of hydrogen-bond donors (Lipinski definition) is 1. The van der Waals surface area contributed by atoms with Crippen molar-refractivity contribution >= 4 is 11.3 Å². The number of nitrogens with one attached hydrogen (secondary N) is 1. The number of aromatic nitrogens is 1. The third kappa shape index (κ3) is 2.49. The summed E-state index contributed by atoms with van der Waals surface area (Å²) in [6.07, 6.45) is -2.37. The molecule has 0 spiro atoms. The molecule has 84 valence electrons.